The average Bonchev–Trinajstić information content (AvgIpc) is 3.01. The van der Waals surface area contributed by atoms with E-state index in [1.807, 2.05) is 30.3 Å². The van der Waals surface area contributed by atoms with Crippen LogP contribution in [0, 0.1) is 5.82 Å². The molecule has 0 fully saturated rings. The first-order valence-corrected chi connectivity index (χ1v) is 7.89. The number of carbonyl (C=O) groups excluding carboxylic acids is 1. The van der Waals surface area contributed by atoms with Crippen molar-refractivity contribution in [3.8, 4) is 11.3 Å². The van der Waals surface area contributed by atoms with Gasteiger partial charge in [-0.05, 0) is 42.5 Å². The summed E-state index contributed by atoms with van der Waals surface area (Å²) in [5.74, 6) is -0.656. The predicted molar refractivity (Wildman–Crippen MR) is 96.6 cm³/mol. The van der Waals surface area contributed by atoms with Crippen LogP contribution in [-0.2, 0) is 0 Å². The van der Waals surface area contributed by atoms with Gasteiger partial charge in [-0.2, -0.15) is 0 Å². The van der Waals surface area contributed by atoms with Crippen LogP contribution in [0.15, 0.2) is 66.9 Å². The highest BCUT2D eigenvalue weighted by molar-refractivity contribution is 6.04. The second kappa shape index (κ2) is 6.29. The van der Waals surface area contributed by atoms with Gasteiger partial charge >= 0.3 is 0 Å². The molecule has 0 aliphatic rings. The van der Waals surface area contributed by atoms with Crippen LogP contribution in [-0.4, -0.2) is 20.5 Å². The van der Waals surface area contributed by atoms with Gasteiger partial charge in [0.25, 0.3) is 5.91 Å². The molecular formula is C19H14FN5O. The Hall–Kier alpha value is -3.74. The number of benzene rings is 2. The summed E-state index contributed by atoms with van der Waals surface area (Å²) in [6.45, 7) is 0. The summed E-state index contributed by atoms with van der Waals surface area (Å²) in [4.78, 5) is 16.3. The van der Waals surface area contributed by atoms with Crippen molar-refractivity contribution in [2.75, 3.05) is 5.32 Å². The summed E-state index contributed by atoms with van der Waals surface area (Å²) < 4.78 is 14.8. The zero-order chi connectivity index (χ0) is 18.1. The number of nitrogens with zero attached hydrogens (tertiary/aromatic N) is 3. The van der Waals surface area contributed by atoms with Gasteiger partial charge in [-0.3, -0.25) is 4.79 Å². The quantitative estimate of drug-likeness (QED) is 0.593. The SMILES string of the molecule is NC(=O)c1c(Nc2ccccc2)nn2c(-c3ccc(F)cc3)ccnc12. The number of para-hydroxylation sites is 1. The highest BCUT2D eigenvalue weighted by Gasteiger charge is 2.21. The summed E-state index contributed by atoms with van der Waals surface area (Å²) in [7, 11) is 0. The van der Waals surface area contributed by atoms with E-state index in [0.717, 1.165) is 11.3 Å². The zero-order valence-electron chi connectivity index (χ0n) is 13.6. The number of amides is 1. The van der Waals surface area contributed by atoms with Crippen molar-refractivity contribution < 1.29 is 9.18 Å². The molecular weight excluding hydrogens is 333 g/mol. The second-order valence-corrected chi connectivity index (χ2v) is 5.65. The molecule has 2 aromatic heterocycles. The van der Waals surface area contributed by atoms with Crippen molar-refractivity contribution >= 4 is 23.1 Å². The van der Waals surface area contributed by atoms with Crippen LogP contribution < -0.4 is 11.1 Å². The number of hydrogen-bond donors (Lipinski definition) is 2. The lowest BCUT2D eigenvalue weighted by Gasteiger charge is -2.04. The van der Waals surface area contributed by atoms with Crippen LogP contribution in [0.3, 0.4) is 0 Å². The first kappa shape index (κ1) is 15.8. The second-order valence-electron chi connectivity index (χ2n) is 5.65. The van der Waals surface area contributed by atoms with Crippen LogP contribution >= 0.6 is 0 Å². The molecule has 0 unspecified atom stereocenters. The Labute approximate surface area is 148 Å². The van der Waals surface area contributed by atoms with Gasteiger partial charge in [-0.25, -0.2) is 13.9 Å². The maximum atomic E-state index is 13.2. The lowest BCUT2D eigenvalue weighted by atomic mass is 10.1. The normalized spacial score (nSPS) is 10.8. The number of nitrogens with one attached hydrogen (secondary N) is 1. The van der Waals surface area contributed by atoms with E-state index in [2.05, 4.69) is 15.4 Å². The molecule has 0 aliphatic carbocycles. The number of fused-ring (bicyclic) bond motifs is 1. The van der Waals surface area contributed by atoms with Gasteiger partial charge in [-0.15, -0.1) is 5.10 Å². The molecule has 2 heterocycles. The van der Waals surface area contributed by atoms with E-state index in [0.29, 0.717) is 17.2 Å². The van der Waals surface area contributed by atoms with Crippen LogP contribution in [0.4, 0.5) is 15.9 Å². The average molecular weight is 347 g/mol. The van der Waals surface area contributed by atoms with Crippen LogP contribution in [0.1, 0.15) is 10.4 Å². The Kier molecular flexibility index (Phi) is 3.81. The molecule has 0 bridgehead atoms. The van der Waals surface area contributed by atoms with Gasteiger partial charge < -0.3 is 11.1 Å². The van der Waals surface area contributed by atoms with E-state index in [-0.39, 0.29) is 11.4 Å². The number of rotatable bonds is 4. The summed E-state index contributed by atoms with van der Waals surface area (Å²) in [6, 6.07) is 17.1. The molecule has 0 spiro atoms. The van der Waals surface area contributed by atoms with Gasteiger partial charge in [0.1, 0.15) is 11.4 Å². The van der Waals surface area contributed by atoms with Crippen molar-refractivity contribution in [2.24, 2.45) is 5.73 Å². The topological polar surface area (TPSA) is 85.3 Å². The molecule has 4 aromatic rings. The first-order valence-electron chi connectivity index (χ1n) is 7.89. The van der Waals surface area contributed by atoms with Crippen LogP contribution in [0.25, 0.3) is 16.9 Å². The molecule has 0 saturated carbocycles. The molecule has 0 atom stereocenters. The summed E-state index contributed by atoms with van der Waals surface area (Å²) in [5, 5.41) is 7.57. The number of primary amides is 1. The van der Waals surface area contributed by atoms with E-state index < -0.39 is 5.91 Å². The molecule has 4 rings (SSSR count). The standard InChI is InChI=1S/C19H14FN5O/c20-13-8-6-12(7-9-13)15-10-11-22-19-16(17(21)26)18(24-25(15)19)23-14-4-2-1-3-5-14/h1-11H,(H2,21,26)(H,23,24). The number of halogens is 1. The lowest BCUT2D eigenvalue weighted by molar-refractivity contribution is 0.100. The number of aromatic nitrogens is 3. The lowest BCUT2D eigenvalue weighted by Crippen LogP contribution is -2.13. The molecule has 6 nitrogen and oxygen atoms in total. The molecule has 128 valence electrons. The van der Waals surface area contributed by atoms with Crippen molar-refractivity contribution in [3.63, 3.8) is 0 Å². The number of carbonyl (C=O) groups is 1. The fraction of sp³-hybridized carbons (Fsp3) is 0. The maximum absolute atomic E-state index is 13.2. The molecule has 1 amide bonds. The number of anilines is 2. The Morgan fingerprint density at radius 3 is 2.46 bits per heavy atom. The Bertz CT molecular complexity index is 1090. The fourth-order valence-corrected chi connectivity index (χ4v) is 2.76. The minimum atomic E-state index is -0.637. The third kappa shape index (κ3) is 2.75. The Morgan fingerprint density at radius 1 is 1.04 bits per heavy atom. The minimum absolute atomic E-state index is 0.192. The summed E-state index contributed by atoms with van der Waals surface area (Å²) >= 11 is 0. The summed E-state index contributed by atoms with van der Waals surface area (Å²) in [6.07, 6.45) is 1.56. The molecule has 0 radical (unpaired) electrons. The van der Waals surface area contributed by atoms with Crippen LogP contribution in [0.2, 0.25) is 0 Å². The van der Waals surface area contributed by atoms with Gasteiger partial charge in [0.2, 0.25) is 0 Å². The summed E-state index contributed by atoms with van der Waals surface area (Å²) in [5.41, 5.74) is 8.26. The van der Waals surface area contributed by atoms with E-state index in [4.69, 9.17) is 5.73 Å². The van der Waals surface area contributed by atoms with E-state index in [1.165, 1.54) is 16.6 Å². The van der Waals surface area contributed by atoms with E-state index in [1.54, 1.807) is 24.4 Å². The predicted octanol–water partition coefficient (Wildman–Crippen LogP) is 3.38. The van der Waals surface area contributed by atoms with Gasteiger partial charge in [-0.1, -0.05) is 18.2 Å². The third-order valence-electron chi connectivity index (χ3n) is 3.94. The zero-order valence-corrected chi connectivity index (χ0v) is 13.6. The fourth-order valence-electron chi connectivity index (χ4n) is 2.76. The molecule has 3 N–H and O–H groups in total. The highest BCUT2D eigenvalue weighted by atomic mass is 19.1. The number of nitrogens with two attached hydrogens (primary N) is 1. The molecule has 7 heteroatoms. The Balaban J connectivity index is 1.90. The Morgan fingerprint density at radius 2 is 1.77 bits per heavy atom. The van der Waals surface area contributed by atoms with Crippen LogP contribution in [0.5, 0.6) is 0 Å². The molecule has 0 aliphatic heterocycles. The minimum Gasteiger partial charge on any atom is -0.365 e. The van der Waals surface area contributed by atoms with Crippen molar-refractivity contribution in [2.45, 2.75) is 0 Å². The number of hydrogen-bond acceptors (Lipinski definition) is 4. The molecule has 2 aromatic carbocycles. The van der Waals surface area contributed by atoms with Crippen molar-refractivity contribution in [1.82, 2.24) is 14.6 Å². The van der Waals surface area contributed by atoms with Gasteiger partial charge in [0, 0.05) is 17.4 Å². The first-order chi connectivity index (χ1) is 12.6. The molecule has 0 saturated heterocycles. The monoisotopic (exact) mass is 347 g/mol. The molecule has 26 heavy (non-hydrogen) atoms. The van der Waals surface area contributed by atoms with E-state index >= 15 is 0 Å². The third-order valence-corrected chi connectivity index (χ3v) is 3.94. The van der Waals surface area contributed by atoms with E-state index in [9.17, 15) is 9.18 Å². The van der Waals surface area contributed by atoms with Gasteiger partial charge in [0.05, 0.1) is 5.69 Å². The van der Waals surface area contributed by atoms with Crippen molar-refractivity contribution in [1.29, 1.82) is 0 Å². The van der Waals surface area contributed by atoms with Crippen molar-refractivity contribution in [3.05, 3.63) is 78.2 Å². The van der Waals surface area contributed by atoms with Gasteiger partial charge in [0.15, 0.2) is 11.5 Å². The largest absolute Gasteiger partial charge is 0.365 e. The highest BCUT2D eigenvalue weighted by Crippen LogP contribution is 2.27. The smallest absolute Gasteiger partial charge is 0.256 e. The maximum Gasteiger partial charge on any atom is 0.256 e.